The summed E-state index contributed by atoms with van der Waals surface area (Å²) < 4.78 is 27.6. The second-order valence-corrected chi connectivity index (χ2v) is 8.40. The zero-order chi connectivity index (χ0) is 20.3. The van der Waals surface area contributed by atoms with Gasteiger partial charge < -0.3 is 5.32 Å². The van der Waals surface area contributed by atoms with Gasteiger partial charge in [0.2, 0.25) is 0 Å². The van der Waals surface area contributed by atoms with E-state index >= 15 is 0 Å². The van der Waals surface area contributed by atoms with Gasteiger partial charge in [0.25, 0.3) is 15.9 Å². The molecule has 5 nitrogen and oxygen atoms in total. The van der Waals surface area contributed by atoms with E-state index in [1.54, 1.807) is 43.3 Å². The van der Waals surface area contributed by atoms with Gasteiger partial charge in [-0.05, 0) is 68.3 Å². The molecule has 1 amide bonds. The highest BCUT2D eigenvalue weighted by molar-refractivity contribution is 7.92. The summed E-state index contributed by atoms with van der Waals surface area (Å²) in [6, 6.07) is 18.8. The molecule has 0 aliphatic rings. The molecule has 3 rings (SSSR count). The quantitative estimate of drug-likeness (QED) is 0.661. The molecule has 0 unspecified atom stereocenters. The largest absolute Gasteiger partial charge is 0.322 e. The number of hydrogen-bond acceptors (Lipinski definition) is 3. The van der Waals surface area contributed by atoms with Gasteiger partial charge in [0, 0.05) is 11.3 Å². The molecule has 6 heteroatoms. The number of aryl methyl sites for hydroxylation is 3. The molecule has 2 N–H and O–H groups in total. The number of sulfonamides is 1. The molecule has 0 aliphatic heterocycles. The van der Waals surface area contributed by atoms with Crippen molar-refractivity contribution in [1.29, 1.82) is 0 Å². The van der Waals surface area contributed by atoms with Crippen LogP contribution in [0.15, 0.2) is 71.6 Å². The van der Waals surface area contributed by atoms with Gasteiger partial charge in [0.05, 0.1) is 10.6 Å². The average molecular weight is 394 g/mol. The highest BCUT2D eigenvalue weighted by Gasteiger charge is 2.16. The number of benzene rings is 3. The van der Waals surface area contributed by atoms with Crippen molar-refractivity contribution in [3.8, 4) is 0 Å². The van der Waals surface area contributed by atoms with Crippen molar-refractivity contribution in [2.45, 2.75) is 25.7 Å². The third kappa shape index (κ3) is 4.40. The van der Waals surface area contributed by atoms with Gasteiger partial charge in [-0.3, -0.25) is 9.52 Å². The van der Waals surface area contributed by atoms with Gasteiger partial charge in [0.1, 0.15) is 0 Å². The van der Waals surface area contributed by atoms with Crippen LogP contribution in [0.1, 0.15) is 27.0 Å². The molecule has 0 bridgehead atoms. The summed E-state index contributed by atoms with van der Waals surface area (Å²) in [4.78, 5) is 12.8. The van der Waals surface area contributed by atoms with E-state index in [-0.39, 0.29) is 10.8 Å². The lowest BCUT2D eigenvalue weighted by atomic mass is 10.1. The monoisotopic (exact) mass is 394 g/mol. The Morgan fingerprint density at radius 2 is 1.43 bits per heavy atom. The maximum absolute atomic E-state index is 12.6. The number of hydrogen-bond donors (Lipinski definition) is 2. The Balaban J connectivity index is 1.79. The molecule has 3 aromatic carbocycles. The summed E-state index contributed by atoms with van der Waals surface area (Å²) in [5.41, 5.74) is 4.42. The molecule has 144 valence electrons. The number of anilines is 2. The van der Waals surface area contributed by atoms with Crippen molar-refractivity contribution in [3.63, 3.8) is 0 Å². The van der Waals surface area contributed by atoms with Gasteiger partial charge in [-0.1, -0.05) is 35.9 Å². The molecule has 0 aromatic heterocycles. The maximum atomic E-state index is 12.6. The van der Waals surface area contributed by atoms with Crippen molar-refractivity contribution in [2.24, 2.45) is 0 Å². The molecule has 0 spiro atoms. The lowest BCUT2D eigenvalue weighted by Crippen LogP contribution is -2.15. The zero-order valence-corrected chi connectivity index (χ0v) is 16.8. The molecule has 0 saturated heterocycles. The minimum absolute atomic E-state index is 0.186. The number of amides is 1. The first-order chi connectivity index (χ1) is 13.3. The SMILES string of the molecule is Cc1ccc(NC(=O)c2ccc(NS(=O)(=O)c3ccccc3)c(C)c2)c(C)c1. The van der Waals surface area contributed by atoms with Crippen LogP contribution in [0.4, 0.5) is 11.4 Å². The van der Waals surface area contributed by atoms with Crippen molar-refractivity contribution in [2.75, 3.05) is 10.0 Å². The van der Waals surface area contributed by atoms with Gasteiger partial charge in [-0.25, -0.2) is 8.42 Å². The van der Waals surface area contributed by atoms with Crippen LogP contribution in [0.5, 0.6) is 0 Å². The fourth-order valence-corrected chi connectivity index (χ4v) is 4.02. The van der Waals surface area contributed by atoms with Gasteiger partial charge in [0.15, 0.2) is 0 Å². The lowest BCUT2D eigenvalue weighted by Gasteiger charge is -2.13. The van der Waals surface area contributed by atoms with E-state index in [1.807, 2.05) is 32.0 Å². The van der Waals surface area contributed by atoms with Gasteiger partial charge in [-0.2, -0.15) is 0 Å². The van der Waals surface area contributed by atoms with E-state index in [0.717, 1.165) is 16.8 Å². The Hall–Kier alpha value is -3.12. The normalized spacial score (nSPS) is 11.1. The first kappa shape index (κ1) is 19.6. The topological polar surface area (TPSA) is 75.3 Å². The predicted molar refractivity (Wildman–Crippen MR) is 112 cm³/mol. The fraction of sp³-hybridized carbons (Fsp3) is 0.136. The minimum atomic E-state index is -3.68. The van der Waals surface area contributed by atoms with Crippen LogP contribution in [0.2, 0.25) is 0 Å². The van der Waals surface area contributed by atoms with Crippen molar-refractivity contribution in [3.05, 3.63) is 89.0 Å². The van der Waals surface area contributed by atoms with E-state index in [1.165, 1.54) is 12.1 Å². The Labute approximate surface area is 165 Å². The zero-order valence-electron chi connectivity index (χ0n) is 16.0. The van der Waals surface area contributed by atoms with Crippen LogP contribution in [-0.4, -0.2) is 14.3 Å². The van der Waals surface area contributed by atoms with Crippen LogP contribution in [0.3, 0.4) is 0 Å². The third-order valence-electron chi connectivity index (χ3n) is 4.42. The summed E-state index contributed by atoms with van der Waals surface area (Å²) in [6.45, 7) is 5.70. The van der Waals surface area contributed by atoms with E-state index in [4.69, 9.17) is 0 Å². The Kier molecular flexibility index (Phi) is 5.51. The predicted octanol–water partition coefficient (Wildman–Crippen LogP) is 4.66. The summed E-state index contributed by atoms with van der Waals surface area (Å²) in [5.74, 6) is -0.243. The summed E-state index contributed by atoms with van der Waals surface area (Å²) in [6.07, 6.45) is 0. The standard InChI is InChI=1S/C22H22N2O3S/c1-15-9-11-20(16(2)13-15)23-22(25)18-10-12-21(17(3)14-18)24-28(26,27)19-7-5-4-6-8-19/h4-14,24H,1-3H3,(H,23,25). The van der Waals surface area contributed by atoms with Crippen LogP contribution in [0, 0.1) is 20.8 Å². The summed E-state index contributed by atoms with van der Waals surface area (Å²) in [5, 5.41) is 2.90. The molecule has 0 heterocycles. The van der Waals surface area contributed by atoms with Crippen LogP contribution >= 0.6 is 0 Å². The van der Waals surface area contributed by atoms with E-state index < -0.39 is 10.0 Å². The maximum Gasteiger partial charge on any atom is 0.261 e. The number of carbonyl (C=O) groups is 1. The molecular formula is C22H22N2O3S. The number of rotatable bonds is 5. The fourth-order valence-electron chi connectivity index (χ4n) is 2.87. The molecule has 0 radical (unpaired) electrons. The van der Waals surface area contributed by atoms with Crippen molar-refractivity contribution >= 4 is 27.3 Å². The molecule has 3 aromatic rings. The van der Waals surface area contributed by atoms with Crippen LogP contribution < -0.4 is 10.0 Å². The van der Waals surface area contributed by atoms with Crippen LogP contribution in [0.25, 0.3) is 0 Å². The molecule has 0 saturated carbocycles. The first-order valence-corrected chi connectivity index (χ1v) is 10.3. The smallest absolute Gasteiger partial charge is 0.261 e. The molecule has 28 heavy (non-hydrogen) atoms. The number of nitrogens with one attached hydrogen (secondary N) is 2. The molecular weight excluding hydrogens is 372 g/mol. The third-order valence-corrected chi connectivity index (χ3v) is 5.80. The Bertz CT molecular complexity index is 1120. The second-order valence-electron chi connectivity index (χ2n) is 6.72. The highest BCUT2D eigenvalue weighted by Crippen LogP contribution is 2.22. The van der Waals surface area contributed by atoms with Crippen LogP contribution in [-0.2, 0) is 10.0 Å². The molecule has 0 fully saturated rings. The van der Waals surface area contributed by atoms with Gasteiger partial charge >= 0.3 is 0 Å². The average Bonchev–Trinajstić information content (AvgIpc) is 2.66. The van der Waals surface area contributed by atoms with E-state index in [2.05, 4.69) is 10.0 Å². The van der Waals surface area contributed by atoms with Gasteiger partial charge in [-0.15, -0.1) is 0 Å². The summed E-state index contributed by atoms with van der Waals surface area (Å²) in [7, 11) is -3.68. The van der Waals surface area contributed by atoms with E-state index in [9.17, 15) is 13.2 Å². The van der Waals surface area contributed by atoms with Crippen molar-refractivity contribution in [1.82, 2.24) is 0 Å². The Morgan fingerprint density at radius 3 is 2.07 bits per heavy atom. The van der Waals surface area contributed by atoms with E-state index in [0.29, 0.717) is 16.8 Å². The van der Waals surface area contributed by atoms with Crippen molar-refractivity contribution < 1.29 is 13.2 Å². The molecule has 0 atom stereocenters. The second kappa shape index (κ2) is 7.86. The minimum Gasteiger partial charge on any atom is -0.322 e. The first-order valence-electron chi connectivity index (χ1n) is 8.83. The lowest BCUT2D eigenvalue weighted by molar-refractivity contribution is 0.102. The summed E-state index contributed by atoms with van der Waals surface area (Å²) >= 11 is 0. The highest BCUT2D eigenvalue weighted by atomic mass is 32.2. The Morgan fingerprint density at radius 1 is 0.786 bits per heavy atom. The molecule has 0 aliphatic carbocycles. The number of carbonyl (C=O) groups excluding carboxylic acids is 1.